The van der Waals surface area contributed by atoms with E-state index < -0.39 is 5.76 Å². The van der Waals surface area contributed by atoms with Crippen molar-refractivity contribution in [2.75, 3.05) is 26.2 Å². The molecule has 7 heteroatoms. The molecule has 0 N–H and O–H groups in total. The molecule has 3 aromatic rings. The van der Waals surface area contributed by atoms with Gasteiger partial charge in [0.05, 0.1) is 5.52 Å². The zero-order valence-corrected chi connectivity index (χ0v) is 18.7. The molecule has 2 aliphatic heterocycles. The van der Waals surface area contributed by atoms with E-state index in [1.54, 1.807) is 18.2 Å². The number of amides is 2. The van der Waals surface area contributed by atoms with Gasteiger partial charge in [0.1, 0.15) is 6.54 Å². The van der Waals surface area contributed by atoms with Gasteiger partial charge in [0.2, 0.25) is 5.91 Å². The largest absolute Gasteiger partial charge is 0.420 e. The number of hydrogen-bond donors (Lipinski definition) is 0. The molecule has 0 radical (unpaired) electrons. The highest BCUT2D eigenvalue weighted by molar-refractivity contribution is 5.97. The summed E-state index contributed by atoms with van der Waals surface area (Å²) in [7, 11) is 0. The molecule has 0 saturated carbocycles. The van der Waals surface area contributed by atoms with Crippen LogP contribution >= 0.6 is 0 Å². The fourth-order valence-electron chi connectivity index (χ4n) is 5.02. The monoisotopic (exact) mass is 447 g/mol. The van der Waals surface area contributed by atoms with Crippen LogP contribution in [0.2, 0.25) is 0 Å². The van der Waals surface area contributed by atoms with Gasteiger partial charge in [0.15, 0.2) is 5.58 Å². The Morgan fingerprint density at radius 1 is 0.909 bits per heavy atom. The molecule has 2 amide bonds. The molecule has 2 aromatic carbocycles. The molecule has 5 rings (SSSR count). The molecule has 1 aromatic heterocycles. The third-order valence-electron chi connectivity index (χ3n) is 6.94. The summed E-state index contributed by atoms with van der Waals surface area (Å²) < 4.78 is 6.70. The lowest BCUT2D eigenvalue weighted by Gasteiger charge is -2.32. The van der Waals surface area contributed by atoms with Crippen LogP contribution in [0.1, 0.15) is 41.6 Å². The number of fused-ring (bicyclic) bond motifs is 1. The Kier molecular flexibility index (Phi) is 6.03. The second-order valence-corrected chi connectivity index (χ2v) is 9.15. The van der Waals surface area contributed by atoms with Crippen LogP contribution in [0.25, 0.3) is 11.1 Å². The lowest BCUT2D eigenvalue weighted by molar-refractivity contribution is -0.133. The van der Waals surface area contributed by atoms with Crippen LogP contribution in [0.5, 0.6) is 0 Å². The molecule has 33 heavy (non-hydrogen) atoms. The van der Waals surface area contributed by atoms with Crippen LogP contribution in [-0.4, -0.2) is 52.4 Å². The summed E-state index contributed by atoms with van der Waals surface area (Å²) in [6.07, 6.45) is 4.97. The Labute approximate surface area is 192 Å². The van der Waals surface area contributed by atoms with Crippen molar-refractivity contribution in [3.8, 4) is 0 Å². The molecule has 7 nitrogen and oxygen atoms in total. The maximum Gasteiger partial charge on any atom is 0.420 e. The number of benzene rings is 2. The molecule has 2 aliphatic rings. The number of rotatable bonds is 5. The first-order chi connectivity index (χ1) is 16.1. The molecular weight excluding hydrogens is 418 g/mol. The first-order valence-corrected chi connectivity index (χ1v) is 11.8. The van der Waals surface area contributed by atoms with Gasteiger partial charge in [0.25, 0.3) is 5.91 Å². The smallest absolute Gasteiger partial charge is 0.408 e. The number of hydrogen-bond acceptors (Lipinski definition) is 4. The number of oxazole rings is 1. The standard InChI is InChI=1S/C26H29N3O4/c30-24(27-14-10-20(11-15-27)16-19-6-2-1-3-7-19)18-29-22-17-21(8-9-23(22)33-26(29)32)25(31)28-12-4-5-13-28/h1-3,6-9,17,20H,4-5,10-16,18H2. The van der Waals surface area contributed by atoms with Crippen molar-refractivity contribution in [3.63, 3.8) is 0 Å². The summed E-state index contributed by atoms with van der Waals surface area (Å²) in [4.78, 5) is 41.9. The Balaban J connectivity index is 1.26. The predicted molar refractivity (Wildman–Crippen MR) is 125 cm³/mol. The summed E-state index contributed by atoms with van der Waals surface area (Å²) in [6, 6.07) is 15.5. The van der Waals surface area contributed by atoms with Gasteiger partial charge in [-0.05, 0) is 61.8 Å². The number of carbonyl (C=O) groups is 2. The molecule has 3 heterocycles. The summed E-state index contributed by atoms with van der Waals surface area (Å²) in [5, 5.41) is 0. The molecule has 0 spiro atoms. The number of carbonyl (C=O) groups excluding carboxylic acids is 2. The van der Waals surface area contributed by atoms with E-state index in [-0.39, 0.29) is 18.4 Å². The minimum absolute atomic E-state index is 0.0404. The third kappa shape index (κ3) is 4.58. The van der Waals surface area contributed by atoms with Gasteiger partial charge in [0, 0.05) is 31.7 Å². The van der Waals surface area contributed by atoms with Crippen molar-refractivity contribution >= 4 is 22.9 Å². The van der Waals surface area contributed by atoms with Gasteiger partial charge in [-0.2, -0.15) is 0 Å². The van der Waals surface area contributed by atoms with E-state index in [2.05, 4.69) is 24.3 Å². The third-order valence-corrected chi connectivity index (χ3v) is 6.94. The van der Waals surface area contributed by atoms with Gasteiger partial charge in [-0.3, -0.25) is 14.2 Å². The molecule has 172 valence electrons. The van der Waals surface area contributed by atoms with Crippen LogP contribution in [-0.2, 0) is 17.8 Å². The summed E-state index contributed by atoms with van der Waals surface area (Å²) >= 11 is 0. The molecule has 0 aliphatic carbocycles. The van der Waals surface area contributed by atoms with E-state index in [4.69, 9.17) is 4.42 Å². The van der Waals surface area contributed by atoms with Crippen LogP contribution in [0.15, 0.2) is 57.7 Å². The van der Waals surface area contributed by atoms with Gasteiger partial charge >= 0.3 is 5.76 Å². The number of piperidine rings is 1. The van der Waals surface area contributed by atoms with E-state index in [0.29, 0.717) is 35.7 Å². The Morgan fingerprint density at radius 3 is 2.36 bits per heavy atom. The average Bonchev–Trinajstić information content (AvgIpc) is 3.48. The second kappa shape index (κ2) is 9.25. The highest BCUT2D eigenvalue weighted by Crippen LogP contribution is 2.23. The topological polar surface area (TPSA) is 75.8 Å². The normalized spacial score (nSPS) is 17.1. The highest BCUT2D eigenvalue weighted by atomic mass is 16.4. The Morgan fingerprint density at radius 2 is 1.64 bits per heavy atom. The summed E-state index contributed by atoms with van der Waals surface area (Å²) in [5.74, 6) is -0.133. The Hall–Kier alpha value is -3.35. The molecule has 0 atom stereocenters. The molecule has 0 bridgehead atoms. The van der Waals surface area contributed by atoms with Crippen molar-refractivity contribution in [2.24, 2.45) is 5.92 Å². The second-order valence-electron chi connectivity index (χ2n) is 9.15. The Bertz CT molecular complexity index is 1200. The SMILES string of the molecule is O=C(Cn1c(=O)oc2ccc(C(=O)N3CCCC3)cc21)N1CCC(Cc2ccccc2)CC1. The van der Waals surface area contributed by atoms with Crippen LogP contribution in [0, 0.1) is 5.92 Å². The van der Waals surface area contributed by atoms with Crippen molar-refractivity contribution < 1.29 is 14.0 Å². The zero-order chi connectivity index (χ0) is 22.8. The zero-order valence-electron chi connectivity index (χ0n) is 18.7. The van der Waals surface area contributed by atoms with E-state index in [9.17, 15) is 14.4 Å². The van der Waals surface area contributed by atoms with Crippen molar-refractivity contribution in [2.45, 2.75) is 38.6 Å². The quantitative estimate of drug-likeness (QED) is 0.601. The molecule has 2 fully saturated rings. The lowest BCUT2D eigenvalue weighted by Crippen LogP contribution is -2.41. The number of likely N-dealkylation sites (tertiary alicyclic amines) is 2. The van der Waals surface area contributed by atoms with Crippen molar-refractivity contribution in [1.29, 1.82) is 0 Å². The lowest BCUT2D eigenvalue weighted by atomic mass is 9.90. The number of nitrogens with zero attached hydrogens (tertiary/aromatic N) is 3. The average molecular weight is 448 g/mol. The highest BCUT2D eigenvalue weighted by Gasteiger charge is 2.25. The first kappa shape index (κ1) is 21.5. The van der Waals surface area contributed by atoms with Gasteiger partial charge in [-0.1, -0.05) is 30.3 Å². The minimum Gasteiger partial charge on any atom is -0.408 e. The van der Waals surface area contributed by atoms with Crippen LogP contribution in [0.3, 0.4) is 0 Å². The molecular formula is C26H29N3O4. The summed E-state index contributed by atoms with van der Waals surface area (Å²) in [6.45, 7) is 2.83. The first-order valence-electron chi connectivity index (χ1n) is 11.8. The maximum absolute atomic E-state index is 13.0. The van der Waals surface area contributed by atoms with Crippen LogP contribution in [0.4, 0.5) is 0 Å². The summed E-state index contributed by atoms with van der Waals surface area (Å²) in [5.41, 5.74) is 2.75. The van der Waals surface area contributed by atoms with E-state index in [0.717, 1.165) is 45.2 Å². The minimum atomic E-state index is -0.567. The fraction of sp³-hybridized carbons (Fsp3) is 0.423. The van der Waals surface area contributed by atoms with Gasteiger partial charge < -0.3 is 14.2 Å². The van der Waals surface area contributed by atoms with Crippen molar-refractivity contribution in [3.05, 3.63) is 70.2 Å². The van der Waals surface area contributed by atoms with E-state index >= 15 is 0 Å². The molecule has 2 saturated heterocycles. The van der Waals surface area contributed by atoms with Crippen molar-refractivity contribution in [1.82, 2.24) is 14.4 Å². The van der Waals surface area contributed by atoms with E-state index in [1.165, 1.54) is 10.1 Å². The van der Waals surface area contributed by atoms with Gasteiger partial charge in [-0.15, -0.1) is 0 Å². The van der Waals surface area contributed by atoms with Crippen LogP contribution < -0.4 is 5.76 Å². The predicted octanol–water partition coefficient (Wildman–Crippen LogP) is 3.31. The van der Waals surface area contributed by atoms with E-state index in [1.807, 2.05) is 15.9 Å². The maximum atomic E-state index is 13.0. The fourth-order valence-corrected chi connectivity index (χ4v) is 5.02. The molecule has 0 unspecified atom stereocenters. The van der Waals surface area contributed by atoms with Gasteiger partial charge in [-0.25, -0.2) is 4.79 Å². The number of aromatic nitrogens is 1.